The van der Waals surface area contributed by atoms with Crippen LogP contribution >= 0.6 is 11.6 Å². The molecule has 0 spiro atoms. The van der Waals surface area contributed by atoms with E-state index >= 15 is 0 Å². The number of nitriles is 1. The van der Waals surface area contributed by atoms with Gasteiger partial charge in [-0.1, -0.05) is 11.6 Å². The molecule has 2 aromatic rings. The van der Waals surface area contributed by atoms with E-state index in [1.54, 1.807) is 6.07 Å². The Labute approximate surface area is 140 Å². The Hall–Kier alpha value is -2.10. The molecule has 120 valence electrons. The van der Waals surface area contributed by atoms with Crippen molar-refractivity contribution in [2.75, 3.05) is 18.5 Å². The Morgan fingerprint density at radius 3 is 3.17 bits per heavy atom. The number of anilines is 1. The van der Waals surface area contributed by atoms with Gasteiger partial charge in [-0.2, -0.15) is 10.4 Å². The van der Waals surface area contributed by atoms with Crippen LogP contribution in [0, 0.1) is 17.2 Å². The minimum absolute atomic E-state index is 0.0297. The zero-order valence-electron chi connectivity index (χ0n) is 12.9. The highest BCUT2D eigenvalue weighted by Crippen LogP contribution is 2.34. The number of nitrogens with zero attached hydrogens (tertiary/aromatic N) is 4. The van der Waals surface area contributed by atoms with E-state index < -0.39 is 0 Å². The van der Waals surface area contributed by atoms with Gasteiger partial charge in [-0.25, -0.2) is 4.98 Å². The Bertz CT molecular complexity index is 724. The first-order valence-electron chi connectivity index (χ1n) is 7.65. The van der Waals surface area contributed by atoms with Crippen molar-refractivity contribution in [3.8, 4) is 6.07 Å². The lowest BCUT2D eigenvalue weighted by Gasteiger charge is -2.20. The van der Waals surface area contributed by atoms with Crippen LogP contribution in [0.2, 0.25) is 5.02 Å². The molecule has 0 radical (unpaired) electrons. The van der Waals surface area contributed by atoms with Gasteiger partial charge in [0, 0.05) is 38.0 Å². The van der Waals surface area contributed by atoms with Crippen LogP contribution in [-0.2, 0) is 11.3 Å². The van der Waals surface area contributed by atoms with Crippen LogP contribution in [0.25, 0.3) is 0 Å². The number of pyridine rings is 1. The Balaban J connectivity index is 1.69. The van der Waals surface area contributed by atoms with Gasteiger partial charge in [0.05, 0.1) is 16.3 Å². The Morgan fingerprint density at radius 1 is 1.57 bits per heavy atom. The molecule has 2 atom stereocenters. The molecular formula is C16H18ClN5O. The van der Waals surface area contributed by atoms with E-state index in [1.807, 2.05) is 23.0 Å². The monoisotopic (exact) mass is 331 g/mol. The zero-order valence-corrected chi connectivity index (χ0v) is 13.6. The summed E-state index contributed by atoms with van der Waals surface area (Å²) in [6, 6.07) is 5.66. The lowest BCUT2D eigenvalue weighted by atomic mass is 9.99. The van der Waals surface area contributed by atoms with E-state index in [1.165, 1.54) is 6.20 Å². The first-order valence-corrected chi connectivity index (χ1v) is 8.03. The predicted molar refractivity (Wildman–Crippen MR) is 87.2 cm³/mol. The van der Waals surface area contributed by atoms with Crippen LogP contribution in [-0.4, -0.2) is 27.9 Å². The number of hydrogen-bond donors (Lipinski definition) is 1. The van der Waals surface area contributed by atoms with E-state index in [-0.39, 0.29) is 6.10 Å². The van der Waals surface area contributed by atoms with Crippen molar-refractivity contribution in [1.82, 2.24) is 14.8 Å². The fraction of sp³-hybridized carbons (Fsp3) is 0.438. The number of aromatic nitrogens is 3. The van der Waals surface area contributed by atoms with Crippen molar-refractivity contribution in [1.29, 1.82) is 5.26 Å². The molecule has 0 amide bonds. The Morgan fingerprint density at radius 2 is 2.43 bits per heavy atom. The quantitative estimate of drug-likeness (QED) is 0.911. The highest BCUT2D eigenvalue weighted by atomic mass is 35.5. The SMILES string of the molecule is CCn1nccc1[C@@H]1OCC[C@H]1CNc1ncc(C#N)cc1Cl. The van der Waals surface area contributed by atoms with Gasteiger partial charge in [-0.3, -0.25) is 4.68 Å². The molecule has 0 aliphatic carbocycles. The second kappa shape index (κ2) is 6.99. The lowest BCUT2D eigenvalue weighted by molar-refractivity contribution is 0.0858. The third kappa shape index (κ3) is 3.31. The van der Waals surface area contributed by atoms with Gasteiger partial charge in [0.15, 0.2) is 0 Å². The Kier molecular flexibility index (Phi) is 4.79. The number of nitrogens with one attached hydrogen (secondary N) is 1. The number of halogens is 1. The van der Waals surface area contributed by atoms with Crippen LogP contribution in [0.5, 0.6) is 0 Å². The number of rotatable bonds is 5. The maximum Gasteiger partial charge on any atom is 0.144 e. The van der Waals surface area contributed by atoms with Gasteiger partial charge in [-0.05, 0) is 25.5 Å². The van der Waals surface area contributed by atoms with Crippen molar-refractivity contribution in [2.24, 2.45) is 5.92 Å². The molecule has 23 heavy (non-hydrogen) atoms. The molecule has 1 fully saturated rings. The first-order chi connectivity index (χ1) is 11.2. The molecule has 7 heteroatoms. The van der Waals surface area contributed by atoms with Gasteiger partial charge in [0.2, 0.25) is 0 Å². The summed E-state index contributed by atoms with van der Waals surface area (Å²) in [6.45, 7) is 4.34. The van der Waals surface area contributed by atoms with Gasteiger partial charge < -0.3 is 10.1 Å². The highest BCUT2D eigenvalue weighted by molar-refractivity contribution is 6.33. The van der Waals surface area contributed by atoms with Crippen LogP contribution in [0.1, 0.15) is 30.7 Å². The maximum atomic E-state index is 8.85. The summed E-state index contributed by atoms with van der Waals surface area (Å²) >= 11 is 6.16. The van der Waals surface area contributed by atoms with Gasteiger partial charge >= 0.3 is 0 Å². The topological polar surface area (TPSA) is 75.8 Å². The van der Waals surface area contributed by atoms with Crippen LogP contribution in [0.15, 0.2) is 24.5 Å². The molecule has 6 nitrogen and oxygen atoms in total. The molecule has 1 aliphatic heterocycles. The highest BCUT2D eigenvalue weighted by Gasteiger charge is 2.31. The van der Waals surface area contributed by atoms with E-state index in [2.05, 4.69) is 22.3 Å². The number of hydrogen-bond acceptors (Lipinski definition) is 5. The van der Waals surface area contributed by atoms with Crippen molar-refractivity contribution < 1.29 is 4.74 Å². The van der Waals surface area contributed by atoms with Crippen molar-refractivity contribution in [3.05, 3.63) is 40.8 Å². The summed E-state index contributed by atoms with van der Waals surface area (Å²) in [5, 5.41) is 16.9. The van der Waals surface area contributed by atoms with Gasteiger partial charge in [0.25, 0.3) is 0 Å². The van der Waals surface area contributed by atoms with Crippen molar-refractivity contribution >= 4 is 17.4 Å². The number of ether oxygens (including phenoxy) is 1. The molecular weight excluding hydrogens is 314 g/mol. The summed E-state index contributed by atoms with van der Waals surface area (Å²) in [4.78, 5) is 4.21. The van der Waals surface area contributed by atoms with Crippen LogP contribution in [0.4, 0.5) is 5.82 Å². The summed E-state index contributed by atoms with van der Waals surface area (Å²) in [7, 11) is 0. The zero-order chi connectivity index (χ0) is 16.2. The standard InChI is InChI=1S/C16H18ClN5O/c1-2-22-14(3-5-21-22)15-12(4-6-23-15)10-20-16-13(17)7-11(8-18)9-19-16/h3,5,7,9,12,15H,2,4,6,10H2,1H3,(H,19,20)/t12-,15+/m0/s1. The van der Waals surface area contributed by atoms with E-state index in [9.17, 15) is 0 Å². The maximum absolute atomic E-state index is 8.85. The third-order valence-electron chi connectivity index (χ3n) is 4.06. The molecule has 0 aromatic carbocycles. The molecule has 1 N–H and O–H groups in total. The minimum atomic E-state index is 0.0297. The van der Waals surface area contributed by atoms with E-state index in [0.717, 1.165) is 25.3 Å². The van der Waals surface area contributed by atoms with Crippen LogP contribution in [0.3, 0.4) is 0 Å². The lowest BCUT2D eigenvalue weighted by Crippen LogP contribution is -2.20. The minimum Gasteiger partial charge on any atom is -0.372 e. The normalized spacial score (nSPS) is 20.4. The van der Waals surface area contributed by atoms with Crippen molar-refractivity contribution in [3.63, 3.8) is 0 Å². The second-order valence-corrected chi connectivity index (χ2v) is 5.87. The summed E-state index contributed by atoms with van der Waals surface area (Å²) in [5.74, 6) is 0.922. The first kappa shape index (κ1) is 15.8. The molecule has 0 bridgehead atoms. The fourth-order valence-corrected chi connectivity index (χ4v) is 3.11. The molecule has 2 aromatic heterocycles. The summed E-state index contributed by atoms with van der Waals surface area (Å²) < 4.78 is 7.88. The number of aryl methyl sites for hydroxylation is 1. The predicted octanol–water partition coefficient (Wildman–Crippen LogP) is 3.01. The van der Waals surface area contributed by atoms with Gasteiger partial charge in [0.1, 0.15) is 18.0 Å². The second-order valence-electron chi connectivity index (χ2n) is 5.46. The molecule has 1 aliphatic rings. The van der Waals surface area contributed by atoms with E-state index in [0.29, 0.717) is 28.9 Å². The van der Waals surface area contributed by atoms with Gasteiger partial charge in [-0.15, -0.1) is 0 Å². The molecule has 1 saturated heterocycles. The average Bonchev–Trinajstić information content (AvgIpc) is 3.21. The molecule has 0 unspecified atom stereocenters. The summed E-state index contributed by atoms with van der Waals surface area (Å²) in [6.07, 6.45) is 4.33. The van der Waals surface area contributed by atoms with Crippen molar-refractivity contribution in [2.45, 2.75) is 26.0 Å². The molecule has 3 heterocycles. The summed E-state index contributed by atoms with van der Waals surface area (Å²) in [5.41, 5.74) is 1.56. The van der Waals surface area contributed by atoms with Crippen LogP contribution < -0.4 is 5.32 Å². The smallest absolute Gasteiger partial charge is 0.144 e. The third-order valence-corrected chi connectivity index (χ3v) is 4.34. The molecule has 3 rings (SSSR count). The van der Waals surface area contributed by atoms with E-state index in [4.69, 9.17) is 21.6 Å². The fourth-order valence-electron chi connectivity index (χ4n) is 2.88. The average molecular weight is 332 g/mol. The largest absolute Gasteiger partial charge is 0.372 e. The molecule has 0 saturated carbocycles.